The molecule has 19 heavy (non-hydrogen) atoms. The zero-order valence-electron chi connectivity index (χ0n) is 10.8. The minimum Gasteiger partial charge on any atom is -0.383 e. The molecule has 0 bridgehead atoms. The van der Waals surface area contributed by atoms with Gasteiger partial charge < -0.3 is 5.73 Å². The molecule has 2 N–H and O–H groups in total. The fourth-order valence-electron chi connectivity index (χ4n) is 2.28. The van der Waals surface area contributed by atoms with Crippen LogP contribution in [0.15, 0.2) is 48.7 Å². The van der Waals surface area contributed by atoms with Crippen molar-refractivity contribution in [3.63, 3.8) is 0 Å². The van der Waals surface area contributed by atoms with E-state index in [9.17, 15) is 0 Å². The Balaban J connectivity index is 2.02. The largest absolute Gasteiger partial charge is 0.383 e. The van der Waals surface area contributed by atoms with Crippen molar-refractivity contribution in [3.05, 3.63) is 65.5 Å². The second-order valence-electron chi connectivity index (χ2n) is 4.73. The van der Waals surface area contributed by atoms with E-state index in [2.05, 4.69) is 41.2 Å². The van der Waals surface area contributed by atoms with Gasteiger partial charge in [0.15, 0.2) is 0 Å². The molecule has 0 radical (unpaired) electrons. The third kappa shape index (κ3) is 2.40. The number of hydrogen-bond donors (Lipinski definition) is 1. The topological polar surface area (TPSA) is 51.8 Å². The van der Waals surface area contributed by atoms with Gasteiger partial charge in [-0.05, 0) is 30.7 Å². The van der Waals surface area contributed by atoms with Crippen molar-refractivity contribution in [1.29, 1.82) is 0 Å². The molecule has 0 aliphatic rings. The zero-order chi connectivity index (χ0) is 13.2. The molecule has 0 atom stereocenters. The summed E-state index contributed by atoms with van der Waals surface area (Å²) in [6.45, 7) is 2.09. The number of benzene rings is 1. The molecule has 3 nitrogen and oxygen atoms in total. The van der Waals surface area contributed by atoms with E-state index in [-0.39, 0.29) is 0 Å². The van der Waals surface area contributed by atoms with Gasteiger partial charge in [-0.25, -0.2) is 4.98 Å². The summed E-state index contributed by atoms with van der Waals surface area (Å²) >= 11 is 0. The fourth-order valence-corrected chi connectivity index (χ4v) is 2.28. The van der Waals surface area contributed by atoms with E-state index >= 15 is 0 Å². The van der Waals surface area contributed by atoms with E-state index in [1.165, 1.54) is 11.1 Å². The van der Waals surface area contributed by atoms with E-state index < -0.39 is 0 Å². The fraction of sp³-hybridized carbons (Fsp3) is 0.125. The summed E-state index contributed by atoms with van der Waals surface area (Å²) in [5, 5.41) is 0.912. The van der Waals surface area contributed by atoms with Gasteiger partial charge in [0.25, 0.3) is 0 Å². The van der Waals surface area contributed by atoms with Crippen molar-refractivity contribution in [1.82, 2.24) is 9.97 Å². The minimum atomic E-state index is 0.549. The molecule has 3 aromatic rings. The first-order chi connectivity index (χ1) is 9.22. The van der Waals surface area contributed by atoms with E-state index in [4.69, 9.17) is 5.73 Å². The van der Waals surface area contributed by atoms with Crippen LogP contribution in [0.1, 0.15) is 16.8 Å². The SMILES string of the molecule is Cc1cccc(Cc2cc3ncccc3c(N)n2)c1. The first kappa shape index (κ1) is 11.7. The molecular formula is C16H15N3. The second-order valence-corrected chi connectivity index (χ2v) is 4.73. The van der Waals surface area contributed by atoms with E-state index in [0.29, 0.717) is 5.82 Å². The molecule has 0 saturated heterocycles. The summed E-state index contributed by atoms with van der Waals surface area (Å²) in [6.07, 6.45) is 2.55. The number of nitrogen functional groups attached to an aromatic ring is 1. The van der Waals surface area contributed by atoms with Crippen LogP contribution in [0, 0.1) is 6.92 Å². The number of aryl methyl sites for hydroxylation is 1. The van der Waals surface area contributed by atoms with Crippen molar-refractivity contribution < 1.29 is 0 Å². The van der Waals surface area contributed by atoms with Crippen molar-refractivity contribution >= 4 is 16.7 Å². The Morgan fingerprint density at radius 1 is 1.11 bits per heavy atom. The number of pyridine rings is 2. The molecule has 0 fully saturated rings. The summed E-state index contributed by atoms with van der Waals surface area (Å²) in [7, 11) is 0. The van der Waals surface area contributed by atoms with Gasteiger partial charge in [0.1, 0.15) is 5.82 Å². The van der Waals surface area contributed by atoms with Crippen molar-refractivity contribution in [2.45, 2.75) is 13.3 Å². The lowest BCUT2D eigenvalue weighted by atomic mass is 10.1. The molecule has 0 amide bonds. The van der Waals surface area contributed by atoms with E-state index in [0.717, 1.165) is 23.0 Å². The van der Waals surface area contributed by atoms with Gasteiger partial charge >= 0.3 is 0 Å². The Morgan fingerprint density at radius 2 is 2.00 bits per heavy atom. The highest BCUT2D eigenvalue weighted by Crippen LogP contribution is 2.19. The molecule has 2 aromatic heterocycles. The van der Waals surface area contributed by atoms with E-state index in [1.54, 1.807) is 6.20 Å². The number of nitrogens with two attached hydrogens (primary N) is 1. The van der Waals surface area contributed by atoms with Gasteiger partial charge in [0, 0.05) is 23.7 Å². The molecule has 3 heteroatoms. The van der Waals surface area contributed by atoms with Crippen LogP contribution in [0.25, 0.3) is 10.9 Å². The Hall–Kier alpha value is -2.42. The third-order valence-corrected chi connectivity index (χ3v) is 3.15. The van der Waals surface area contributed by atoms with Crippen LogP contribution in [-0.2, 0) is 6.42 Å². The highest BCUT2D eigenvalue weighted by atomic mass is 14.9. The van der Waals surface area contributed by atoms with Crippen LogP contribution in [0.5, 0.6) is 0 Å². The molecule has 0 aliphatic carbocycles. The third-order valence-electron chi connectivity index (χ3n) is 3.15. The highest BCUT2D eigenvalue weighted by molar-refractivity contribution is 5.88. The average Bonchev–Trinajstić information content (AvgIpc) is 2.39. The number of nitrogens with zero attached hydrogens (tertiary/aromatic N) is 2. The molecule has 0 saturated carbocycles. The summed E-state index contributed by atoms with van der Waals surface area (Å²) in [6, 6.07) is 14.3. The Labute approximate surface area is 112 Å². The Bertz CT molecular complexity index is 735. The summed E-state index contributed by atoms with van der Waals surface area (Å²) < 4.78 is 0. The van der Waals surface area contributed by atoms with Crippen LogP contribution in [0.2, 0.25) is 0 Å². The number of rotatable bonds is 2. The summed E-state index contributed by atoms with van der Waals surface area (Å²) in [5.41, 5.74) is 10.3. The van der Waals surface area contributed by atoms with Gasteiger partial charge in [-0.2, -0.15) is 0 Å². The number of anilines is 1. The van der Waals surface area contributed by atoms with Crippen LogP contribution >= 0.6 is 0 Å². The first-order valence-corrected chi connectivity index (χ1v) is 6.28. The predicted molar refractivity (Wildman–Crippen MR) is 77.9 cm³/mol. The molecule has 94 valence electrons. The number of fused-ring (bicyclic) bond motifs is 1. The molecule has 3 rings (SSSR count). The van der Waals surface area contributed by atoms with Crippen molar-refractivity contribution in [2.24, 2.45) is 0 Å². The average molecular weight is 249 g/mol. The standard InChI is InChI=1S/C16H15N3/c1-11-4-2-5-12(8-11)9-13-10-15-14(16(17)19-13)6-3-7-18-15/h2-8,10H,9H2,1H3,(H2,17,19). The van der Waals surface area contributed by atoms with Gasteiger partial charge in [0.2, 0.25) is 0 Å². The van der Waals surface area contributed by atoms with Crippen molar-refractivity contribution in [2.75, 3.05) is 5.73 Å². The summed E-state index contributed by atoms with van der Waals surface area (Å²) in [4.78, 5) is 8.81. The minimum absolute atomic E-state index is 0.549. The number of hydrogen-bond acceptors (Lipinski definition) is 3. The maximum Gasteiger partial charge on any atom is 0.133 e. The smallest absolute Gasteiger partial charge is 0.133 e. The maximum atomic E-state index is 5.99. The van der Waals surface area contributed by atoms with E-state index in [1.807, 2.05) is 18.2 Å². The molecule has 0 unspecified atom stereocenters. The van der Waals surface area contributed by atoms with Crippen LogP contribution in [0.4, 0.5) is 5.82 Å². The molecule has 0 aliphatic heterocycles. The van der Waals surface area contributed by atoms with Crippen LogP contribution < -0.4 is 5.73 Å². The van der Waals surface area contributed by atoms with Crippen LogP contribution in [-0.4, -0.2) is 9.97 Å². The maximum absolute atomic E-state index is 5.99. The molecular weight excluding hydrogens is 234 g/mol. The van der Waals surface area contributed by atoms with Gasteiger partial charge in [-0.1, -0.05) is 29.8 Å². The number of aromatic nitrogens is 2. The molecule has 1 aromatic carbocycles. The predicted octanol–water partition coefficient (Wildman–Crippen LogP) is 3.11. The molecule has 0 spiro atoms. The second kappa shape index (κ2) is 4.69. The lowest BCUT2D eigenvalue weighted by Gasteiger charge is -2.06. The van der Waals surface area contributed by atoms with Crippen LogP contribution in [0.3, 0.4) is 0 Å². The molecule has 2 heterocycles. The highest BCUT2D eigenvalue weighted by Gasteiger charge is 2.05. The van der Waals surface area contributed by atoms with Gasteiger partial charge in [-0.15, -0.1) is 0 Å². The lowest BCUT2D eigenvalue weighted by Crippen LogP contribution is -1.99. The van der Waals surface area contributed by atoms with Gasteiger partial charge in [0.05, 0.1) is 5.52 Å². The monoisotopic (exact) mass is 249 g/mol. The first-order valence-electron chi connectivity index (χ1n) is 6.28. The Morgan fingerprint density at radius 3 is 2.84 bits per heavy atom. The zero-order valence-corrected chi connectivity index (χ0v) is 10.8. The Kier molecular flexibility index (Phi) is 2.88. The lowest BCUT2D eigenvalue weighted by molar-refractivity contribution is 1.08. The van der Waals surface area contributed by atoms with Gasteiger partial charge in [-0.3, -0.25) is 4.98 Å². The van der Waals surface area contributed by atoms with Crippen molar-refractivity contribution in [3.8, 4) is 0 Å². The summed E-state index contributed by atoms with van der Waals surface area (Å²) in [5.74, 6) is 0.549. The normalized spacial score (nSPS) is 10.8. The quantitative estimate of drug-likeness (QED) is 0.759.